The smallest absolute Gasteiger partial charge is 0.414 e. The Labute approximate surface area is 80.5 Å². The van der Waals surface area contributed by atoms with Gasteiger partial charge in [-0.15, -0.1) is 0 Å². The van der Waals surface area contributed by atoms with Gasteiger partial charge in [0.15, 0.2) is 10.8 Å². The minimum absolute atomic E-state index is 0.0942. The van der Waals surface area contributed by atoms with Gasteiger partial charge < -0.3 is 9.52 Å². The van der Waals surface area contributed by atoms with E-state index in [2.05, 4.69) is 15.9 Å². The van der Waals surface area contributed by atoms with Crippen molar-refractivity contribution in [1.29, 1.82) is 0 Å². The van der Waals surface area contributed by atoms with Crippen LogP contribution in [0.4, 0.5) is 13.2 Å². The molecule has 6 heteroatoms. The molecule has 2 nitrogen and oxygen atoms in total. The van der Waals surface area contributed by atoms with Crippen molar-refractivity contribution < 1.29 is 22.7 Å². The maximum atomic E-state index is 11.8. The third-order valence-corrected chi connectivity index (χ3v) is 1.83. The lowest BCUT2D eigenvalue weighted by atomic mass is 10.2. The van der Waals surface area contributed by atoms with Crippen molar-refractivity contribution in [2.45, 2.75) is 18.7 Å². The molecule has 0 aliphatic carbocycles. The Kier molecular flexibility index (Phi) is 3.02. The molecule has 1 unspecified atom stereocenters. The molecule has 0 aromatic carbocycles. The summed E-state index contributed by atoms with van der Waals surface area (Å²) in [6.07, 6.45) is -7.53. The fourth-order valence-electron chi connectivity index (χ4n) is 0.768. The lowest BCUT2D eigenvalue weighted by molar-refractivity contribution is -0.203. The summed E-state index contributed by atoms with van der Waals surface area (Å²) in [4.78, 5) is 0. The average Bonchev–Trinajstić information content (AvgIpc) is 2.33. The second kappa shape index (κ2) is 3.71. The number of rotatable bonds is 2. The number of hydrogen-bond donors (Lipinski definition) is 1. The summed E-state index contributed by atoms with van der Waals surface area (Å²) >= 11 is 2.94. The Morgan fingerprint density at radius 1 is 1.46 bits per heavy atom. The highest BCUT2D eigenvalue weighted by molar-refractivity contribution is 9.10. The first kappa shape index (κ1) is 10.6. The molecular formula is C7H6BrF3O2. The molecule has 1 atom stereocenters. The zero-order valence-electron chi connectivity index (χ0n) is 6.31. The molecule has 0 amide bonds. The van der Waals surface area contributed by atoms with Crippen LogP contribution in [-0.4, -0.2) is 17.4 Å². The monoisotopic (exact) mass is 258 g/mol. The number of aliphatic hydroxyl groups excluding tert-OH is 1. The van der Waals surface area contributed by atoms with Gasteiger partial charge in [-0.3, -0.25) is 0 Å². The normalized spacial score (nSPS) is 14.5. The molecule has 1 heterocycles. The van der Waals surface area contributed by atoms with Crippen LogP contribution < -0.4 is 0 Å². The number of alkyl halides is 3. The van der Waals surface area contributed by atoms with Crippen molar-refractivity contribution in [2.75, 3.05) is 0 Å². The highest BCUT2D eigenvalue weighted by Crippen LogP contribution is 2.24. The molecule has 74 valence electrons. The molecule has 1 rings (SSSR count). The molecule has 0 radical (unpaired) electrons. The molecule has 0 saturated carbocycles. The Bertz CT molecular complexity index is 282. The van der Waals surface area contributed by atoms with Crippen LogP contribution >= 0.6 is 15.9 Å². The first-order valence-corrected chi connectivity index (χ1v) is 4.18. The molecule has 0 fully saturated rings. The van der Waals surface area contributed by atoms with Crippen molar-refractivity contribution in [3.05, 3.63) is 22.6 Å². The van der Waals surface area contributed by atoms with Gasteiger partial charge in [0, 0.05) is 6.42 Å². The lowest BCUT2D eigenvalue weighted by Gasteiger charge is -2.12. The maximum absolute atomic E-state index is 11.8. The van der Waals surface area contributed by atoms with Crippen LogP contribution in [0, 0.1) is 0 Å². The van der Waals surface area contributed by atoms with Gasteiger partial charge >= 0.3 is 6.18 Å². The first-order valence-electron chi connectivity index (χ1n) is 3.38. The van der Waals surface area contributed by atoms with E-state index in [0.29, 0.717) is 4.67 Å². The molecule has 0 bridgehead atoms. The number of hydrogen-bond acceptors (Lipinski definition) is 2. The van der Waals surface area contributed by atoms with Crippen LogP contribution in [0.3, 0.4) is 0 Å². The molecular weight excluding hydrogens is 253 g/mol. The fraction of sp³-hybridized carbons (Fsp3) is 0.429. The van der Waals surface area contributed by atoms with Crippen LogP contribution in [0.25, 0.3) is 0 Å². The number of aliphatic hydroxyl groups is 1. The van der Waals surface area contributed by atoms with Gasteiger partial charge in [-0.1, -0.05) is 0 Å². The summed E-state index contributed by atoms with van der Waals surface area (Å²) in [5.74, 6) is 0.0942. The highest BCUT2D eigenvalue weighted by Gasteiger charge is 2.38. The summed E-state index contributed by atoms with van der Waals surface area (Å²) in [7, 11) is 0. The third kappa shape index (κ3) is 3.04. The molecule has 1 aromatic rings. The van der Waals surface area contributed by atoms with Gasteiger partial charge in [0.25, 0.3) is 0 Å². The molecule has 13 heavy (non-hydrogen) atoms. The van der Waals surface area contributed by atoms with Crippen molar-refractivity contribution in [3.8, 4) is 0 Å². The van der Waals surface area contributed by atoms with E-state index in [0.717, 1.165) is 0 Å². The molecule has 0 spiro atoms. The summed E-state index contributed by atoms with van der Waals surface area (Å²) in [5.41, 5.74) is 0. The second-order valence-electron chi connectivity index (χ2n) is 2.47. The van der Waals surface area contributed by atoms with Crippen molar-refractivity contribution >= 4 is 15.9 Å². The van der Waals surface area contributed by atoms with Crippen molar-refractivity contribution in [3.63, 3.8) is 0 Å². The average molecular weight is 259 g/mol. The highest BCUT2D eigenvalue weighted by atomic mass is 79.9. The van der Waals surface area contributed by atoms with Crippen molar-refractivity contribution in [1.82, 2.24) is 0 Å². The predicted molar refractivity (Wildman–Crippen MR) is 42.2 cm³/mol. The van der Waals surface area contributed by atoms with Crippen LogP contribution in [0.5, 0.6) is 0 Å². The van der Waals surface area contributed by atoms with Gasteiger partial charge in [-0.05, 0) is 28.1 Å². The minimum atomic E-state index is -4.60. The van der Waals surface area contributed by atoms with Crippen LogP contribution in [0.2, 0.25) is 0 Å². The van der Waals surface area contributed by atoms with Crippen molar-refractivity contribution in [2.24, 2.45) is 0 Å². The van der Waals surface area contributed by atoms with E-state index in [1.807, 2.05) is 0 Å². The molecule has 1 N–H and O–H groups in total. The Balaban J connectivity index is 2.60. The van der Waals surface area contributed by atoms with Crippen LogP contribution in [0.1, 0.15) is 5.76 Å². The standard InChI is InChI=1S/C7H6BrF3O2/c8-6-2-1-4(13-6)3-5(12)7(9,10)11/h1-2,5,12H,3H2. The van der Waals surface area contributed by atoms with E-state index in [1.54, 1.807) is 0 Å². The lowest BCUT2D eigenvalue weighted by Crippen LogP contribution is -2.30. The zero-order valence-corrected chi connectivity index (χ0v) is 7.89. The van der Waals surface area contributed by atoms with Gasteiger partial charge in [0.1, 0.15) is 5.76 Å². The summed E-state index contributed by atoms with van der Waals surface area (Å²) in [6.45, 7) is 0. The minimum Gasteiger partial charge on any atom is -0.454 e. The summed E-state index contributed by atoms with van der Waals surface area (Å²) in [5, 5.41) is 8.65. The fourth-order valence-corrected chi connectivity index (χ4v) is 1.11. The Morgan fingerprint density at radius 3 is 2.46 bits per heavy atom. The van der Waals surface area contributed by atoms with Gasteiger partial charge in [-0.25, -0.2) is 0 Å². The maximum Gasteiger partial charge on any atom is 0.414 e. The van der Waals surface area contributed by atoms with Crippen LogP contribution in [-0.2, 0) is 6.42 Å². The van der Waals surface area contributed by atoms with E-state index in [-0.39, 0.29) is 5.76 Å². The summed E-state index contributed by atoms with van der Waals surface area (Å²) in [6, 6.07) is 2.84. The summed E-state index contributed by atoms with van der Waals surface area (Å²) < 4.78 is 40.7. The SMILES string of the molecule is OC(Cc1ccc(Br)o1)C(F)(F)F. The Hall–Kier alpha value is -0.490. The molecule has 1 aromatic heterocycles. The van der Waals surface area contributed by atoms with E-state index < -0.39 is 18.7 Å². The molecule has 0 aliphatic rings. The van der Waals surface area contributed by atoms with E-state index in [9.17, 15) is 13.2 Å². The number of halogens is 4. The molecule has 0 aliphatic heterocycles. The van der Waals surface area contributed by atoms with Crippen LogP contribution in [0.15, 0.2) is 21.2 Å². The zero-order chi connectivity index (χ0) is 10.1. The second-order valence-corrected chi connectivity index (χ2v) is 3.25. The van der Waals surface area contributed by atoms with E-state index in [1.165, 1.54) is 12.1 Å². The predicted octanol–water partition coefficient (Wildman–Crippen LogP) is 2.51. The van der Waals surface area contributed by atoms with E-state index >= 15 is 0 Å². The molecule has 0 saturated heterocycles. The topological polar surface area (TPSA) is 33.4 Å². The van der Waals surface area contributed by atoms with Gasteiger partial charge in [0.05, 0.1) is 0 Å². The largest absolute Gasteiger partial charge is 0.454 e. The Morgan fingerprint density at radius 2 is 2.08 bits per heavy atom. The van der Waals surface area contributed by atoms with E-state index in [4.69, 9.17) is 9.52 Å². The third-order valence-electron chi connectivity index (χ3n) is 1.40. The quantitative estimate of drug-likeness (QED) is 0.885. The first-order chi connectivity index (χ1) is 5.89. The number of furan rings is 1. The van der Waals surface area contributed by atoms with Gasteiger partial charge in [0.2, 0.25) is 0 Å². The van der Waals surface area contributed by atoms with Gasteiger partial charge in [-0.2, -0.15) is 13.2 Å².